The fourth-order valence-corrected chi connectivity index (χ4v) is 7.09. The summed E-state index contributed by atoms with van der Waals surface area (Å²) in [6.07, 6.45) is 3.89. The van der Waals surface area contributed by atoms with Gasteiger partial charge in [0.05, 0.1) is 15.5 Å². The number of sulfonamides is 1. The van der Waals surface area contributed by atoms with E-state index in [2.05, 4.69) is 5.32 Å². The van der Waals surface area contributed by atoms with Gasteiger partial charge in [-0.05, 0) is 49.6 Å². The van der Waals surface area contributed by atoms with Crippen molar-refractivity contribution < 1.29 is 22.9 Å². The minimum atomic E-state index is -4.38. The molecular formula is C30H32Cl2N4O6S. The van der Waals surface area contributed by atoms with Crippen molar-refractivity contribution in [2.45, 2.75) is 62.6 Å². The van der Waals surface area contributed by atoms with Crippen molar-refractivity contribution in [1.82, 2.24) is 10.2 Å². The SMILES string of the molecule is CCC(C(=O)NC1CCCC1)N(Cc1c(Cl)cccc1Cl)C(=O)CN(c1cccc([N+](=O)[O-])c1)S(=O)(=O)c1ccccc1. The zero-order valence-corrected chi connectivity index (χ0v) is 25.8. The third-order valence-corrected chi connectivity index (χ3v) is 9.91. The summed E-state index contributed by atoms with van der Waals surface area (Å²) in [6, 6.07) is 16.4. The highest BCUT2D eigenvalue weighted by Gasteiger charge is 2.35. The summed E-state index contributed by atoms with van der Waals surface area (Å²) in [7, 11) is -4.38. The molecule has 0 aliphatic heterocycles. The van der Waals surface area contributed by atoms with Crippen molar-refractivity contribution in [1.29, 1.82) is 0 Å². The van der Waals surface area contributed by atoms with Gasteiger partial charge in [-0.3, -0.25) is 24.0 Å². The lowest BCUT2D eigenvalue weighted by molar-refractivity contribution is -0.384. The van der Waals surface area contributed by atoms with Crippen LogP contribution in [0.25, 0.3) is 0 Å². The molecular weight excluding hydrogens is 615 g/mol. The smallest absolute Gasteiger partial charge is 0.271 e. The molecule has 228 valence electrons. The Labute approximate surface area is 260 Å². The van der Waals surface area contributed by atoms with E-state index in [-0.39, 0.29) is 51.2 Å². The maximum absolute atomic E-state index is 14.2. The first-order valence-electron chi connectivity index (χ1n) is 13.9. The van der Waals surface area contributed by atoms with Gasteiger partial charge in [0.1, 0.15) is 12.6 Å². The van der Waals surface area contributed by atoms with Gasteiger partial charge >= 0.3 is 0 Å². The second-order valence-corrected chi connectivity index (χ2v) is 12.9. The predicted molar refractivity (Wildman–Crippen MR) is 166 cm³/mol. The van der Waals surface area contributed by atoms with Gasteiger partial charge < -0.3 is 10.2 Å². The number of halogens is 2. The van der Waals surface area contributed by atoms with Crippen LogP contribution >= 0.6 is 23.2 Å². The van der Waals surface area contributed by atoms with Crippen LogP contribution in [0.15, 0.2) is 77.7 Å². The third-order valence-electron chi connectivity index (χ3n) is 7.42. The number of anilines is 1. The Hall–Kier alpha value is -3.67. The van der Waals surface area contributed by atoms with Gasteiger partial charge in [0.25, 0.3) is 15.7 Å². The molecule has 4 rings (SSSR count). The van der Waals surface area contributed by atoms with Gasteiger partial charge in [-0.1, -0.05) is 73.3 Å². The van der Waals surface area contributed by atoms with Crippen molar-refractivity contribution >= 4 is 56.4 Å². The van der Waals surface area contributed by atoms with E-state index in [1.54, 1.807) is 31.2 Å². The zero-order valence-electron chi connectivity index (χ0n) is 23.5. The minimum absolute atomic E-state index is 0.0118. The number of amides is 2. The fraction of sp³-hybridized carbons (Fsp3) is 0.333. The van der Waals surface area contributed by atoms with Crippen LogP contribution in [0.5, 0.6) is 0 Å². The van der Waals surface area contributed by atoms with E-state index in [9.17, 15) is 28.1 Å². The van der Waals surface area contributed by atoms with Gasteiger partial charge in [0, 0.05) is 40.3 Å². The Morgan fingerprint density at radius 2 is 1.63 bits per heavy atom. The third kappa shape index (κ3) is 7.65. The molecule has 3 aromatic rings. The molecule has 3 aromatic carbocycles. The van der Waals surface area contributed by atoms with E-state index in [0.29, 0.717) is 5.56 Å². The van der Waals surface area contributed by atoms with Crippen LogP contribution < -0.4 is 9.62 Å². The summed E-state index contributed by atoms with van der Waals surface area (Å²) in [5.74, 6) is -1.07. The van der Waals surface area contributed by atoms with Crippen molar-refractivity contribution in [3.63, 3.8) is 0 Å². The number of benzene rings is 3. The summed E-state index contributed by atoms with van der Waals surface area (Å²) in [4.78, 5) is 39.8. The largest absolute Gasteiger partial charge is 0.352 e. The molecule has 1 aliphatic rings. The number of hydrogen-bond acceptors (Lipinski definition) is 6. The van der Waals surface area contributed by atoms with Crippen molar-refractivity contribution in [3.8, 4) is 0 Å². The second kappa shape index (κ2) is 14.2. The van der Waals surface area contributed by atoms with Gasteiger partial charge in [-0.15, -0.1) is 0 Å². The predicted octanol–water partition coefficient (Wildman–Crippen LogP) is 5.96. The van der Waals surface area contributed by atoms with E-state index >= 15 is 0 Å². The van der Waals surface area contributed by atoms with Gasteiger partial charge in [0.15, 0.2) is 0 Å². The lowest BCUT2D eigenvalue weighted by Gasteiger charge is -2.34. The highest BCUT2D eigenvalue weighted by atomic mass is 35.5. The molecule has 0 aromatic heterocycles. The lowest BCUT2D eigenvalue weighted by atomic mass is 10.1. The number of carbonyl (C=O) groups excluding carboxylic acids is 2. The van der Waals surface area contributed by atoms with Crippen LogP contribution in [0.3, 0.4) is 0 Å². The van der Waals surface area contributed by atoms with Crippen LogP contribution in [0.4, 0.5) is 11.4 Å². The van der Waals surface area contributed by atoms with E-state index in [1.807, 2.05) is 0 Å². The molecule has 1 saturated carbocycles. The number of carbonyl (C=O) groups is 2. The standard InChI is InChI=1S/C30H32Cl2N4O6S/c1-2-28(30(38)33-21-10-6-7-11-21)34(19-25-26(31)16-9-17-27(25)32)29(37)20-35(22-12-8-13-23(18-22)36(39)40)43(41,42)24-14-4-3-5-15-24/h3-5,8-9,12-18,21,28H,2,6-7,10-11,19-20H2,1H3,(H,33,38). The van der Waals surface area contributed by atoms with Gasteiger partial charge in [0.2, 0.25) is 11.8 Å². The van der Waals surface area contributed by atoms with E-state index < -0.39 is 33.4 Å². The summed E-state index contributed by atoms with van der Waals surface area (Å²) in [5, 5.41) is 15.1. The van der Waals surface area contributed by atoms with E-state index in [4.69, 9.17) is 23.2 Å². The number of nitrogens with zero attached hydrogens (tertiary/aromatic N) is 3. The molecule has 1 unspecified atom stereocenters. The maximum atomic E-state index is 14.2. The number of hydrogen-bond donors (Lipinski definition) is 1. The molecule has 0 heterocycles. The molecule has 0 saturated heterocycles. The van der Waals surface area contributed by atoms with Crippen LogP contribution in [0.2, 0.25) is 10.0 Å². The van der Waals surface area contributed by atoms with Crippen molar-refractivity contribution in [2.24, 2.45) is 0 Å². The summed E-state index contributed by atoms with van der Waals surface area (Å²) in [5.41, 5.74) is -0.0232. The quantitative estimate of drug-likeness (QED) is 0.191. The Kier molecular flexibility index (Phi) is 10.6. The number of rotatable bonds is 12. The van der Waals surface area contributed by atoms with Gasteiger partial charge in [-0.25, -0.2) is 8.42 Å². The maximum Gasteiger partial charge on any atom is 0.271 e. The Morgan fingerprint density at radius 1 is 1.00 bits per heavy atom. The van der Waals surface area contributed by atoms with E-state index in [1.165, 1.54) is 47.4 Å². The Balaban J connectivity index is 1.77. The number of nitro groups is 1. The molecule has 1 atom stereocenters. The molecule has 13 heteroatoms. The van der Waals surface area contributed by atoms with Crippen LogP contribution in [0.1, 0.15) is 44.6 Å². The van der Waals surface area contributed by atoms with E-state index in [0.717, 1.165) is 36.1 Å². The minimum Gasteiger partial charge on any atom is -0.352 e. The molecule has 0 bridgehead atoms. The summed E-state index contributed by atoms with van der Waals surface area (Å²) in [6.45, 7) is 0.849. The molecule has 1 aliphatic carbocycles. The molecule has 43 heavy (non-hydrogen) atoms. The average molecular weight is 648 g/mol. The summed E-state index contributed by atoms with van der Waals surface area (Å²) < 4.78 is 28.6. The second-order valence-electron chi connectivity index (χ2n) is 10.2. The Morgan fingerprint density at radius 3 is 2.23 bits per heavy atom. The molecule has 0 radical (unpaired) electrons. The van der Waals surface area contributed by atoms with Crippen molar-refractivity contribution in [3.05, 3.63) is 98.5 Å². The average Bonchev–Trinajstić information content (AvgIpc) is 3.50. The van der Waals surface area contributed by atoms with Crippen LogP contribution in [-0.2, 0) is 26.2 Å². The number of nitrogens with one attached hydrogen (secondary N) is 1. The highest BCUT2D eigenvalue weighted by molar-refractivity contribution is 7.92. The number of nitro benzene ring substituents is 1. The number of non-ortho nitro benzene ring substituents is 1. The molecule has 1 N–H and O–H groups in total. The van der Waals surface area contributed by atoms with Crippen molar-refractivity contribution in [2.75, 3.05) is 10.8 Å². The van der Waals surface area contributed by atoms with Crippen LogP contribution in [-0.4, -0.2) is 48.7 Å². The normalized spacial score (nSPS) is 14.2. The first kappa shape index (κ1) is 32.2. The molecule has 2 amide bonds. The van der Waals surface area contributed by atoms with Crippen LogP contribution in [0, 0.1) is 10.1 Å². The first-order valence-corrected chi connectivity index (χ1v) is 16.1. The fourth-order valence-electron chi connectivity index (χ4n) is 5.15. The molecule has 1 fully saturated rings. The topological polar surface area (TPSA) is 130 Å². The molecule has 0 spiro atoms. The molecule has 10 nitrogen and oxygen atoms in total. The monoisotopic (exact) mass is 646 g/mol. The first-order chi connectivity index (χ1) is 20.5. The highest BCUT2D eigenvalue weighted by Crippen LogP contribution is 2.30. The van der Waals surface area contributed by atoms with Gasteiger partial charge in [-0.2, -0.15) is 0 Å². The Bertz CT molecular complexity index is 1560. The zero-order chi connectivity index (χ0) is 31.1. The summed E-state index contributed by atoms with van der Waals surface area (Å²) >= 11 is 12.9. The lowest BCUT2D eigenvalue weighted by Crippen LogP contribution is -2.53.